The highest BCUT2D eigenvalue weighted by molar-refractivity contribution is 14.1. The maximum atomic E-state index is 5.63. The van der Waals surface area contributed by atoms with Crippen LogP contribution in [-0.2, 0) is 0 Å². The molecule has 80 valence electrons. The zero-order chi connectivity index (χ0) is 10.7. The minimum atomic E-state index is -0.261. The largest absolute Gasteiger partial charge is 0.370 e. The third-order valence-corrected chi connectivity index (χ3v) is 3.69. The normalized spacial score (nSPS) is 17.8. The molecule has 0 fully saturated rings. The number of guanidine groups is 1. The van der Waals surface area contributed by atoms with E-state index in [9.17, 15) is 0 Å². The van der Waals surface area contributed by atoms with Crippen LogP contribution >= 0.6 is 21.3 Å². The van der Waals surface area contributed by atoms with Gasteiger partial charge in [-0.05, 0) is 5.92 Å². The molecule has 0 spiro atoms. The third kappa shape index (κ3) is 2.43. The molecule has 0 atom stereocenters. The van der Waals surface area contributed by atoms with Gasteiger partial charge in [0.05, 0.1) is 5.70 Å². The van der Waals surface area contributed by atoms with Crippen LogP contribution in [0.15, 0.2) is 19.7 Å². The molecular weight excluding hydrogens is 293 g/mol. The Kier molecular flexibility index (Phi) is 3.85. The minimum absolute atomic E-state index is 0.261. The quantitative estimate of drug-likeness (QED) is 0.350. The number of hydrogen-bond acceptors (Lipinski definition) is 3. The van der Waals surface area contributed by atoms with Gasteiger partial charge in [-0.2, -0.15) is 0 Å². The molecule has 6 heteroatoms. The summed E-state index contributed by atoms with van der Waals surface area (Å²) in [6.45, 7) is 4.26. The van der Waals surface area contributed by atoms with Gasteiger partial charge in [0.1, 0.15) is 27.1 Å². The van der Waals surface area contributed by atoms with Gasteiger partial charge in [-0.1, -0.05) is 13.8 Å². The predicted molar refractivity (Wildman–Crippen MR) is 66.8 cm³/mol. The smallest absolute Gasteiger partial charge is 0.194 e. The lowest BCUT2D eigenvalue weighted by Crippen LogP contribution is -2.35. The molecule has 3 N–H and O–H groups in total. The van der Waals surface area contributed by atoms with E-state index in [1.54, 1.807) is 7.05 Å². The molecule has 1 rings (SSSR count). The molecule has 1 heterocycles. The zero-order valence-electron chi connectivity index (χ0n) is 8.87. The van der Waals surface area contributed by atoms with Crippen molar-refractivity contribution >= 4 is 27.3 Å². The van der Waals surface area contributed by atoms with Crippen LogP contribution in [0, 0.1) is 5.92 Å². The van der Waals surface area contributed by atoms with Crippen molar-refractivity contribution in [3.63, 3.8) is 0 Å². The lowest BCUT2D eigenvalue weighted by molar-refractivity contribution is 0.648. The van der Waals surface area contributed by atoms with Gasteiger partial charge in [0.25, 0.3) is 0 Å². The summed E-state index contributed by atoms with van der Waals surface area (Å²) in [5.74, 6) is 1.87. The molecule has 0 radical (unpaired) electrons. The van der Waals surface area contributed by atoms with E-state index in [2.05, 4.69) is 30.4 Å². The number of nitrogens with two attached hydrogens (primary N) is 1. The summed E-state index contributed by atoms with van der Waals surface area (Å²) in [7, 11) is 3.69. The van der Waals surface area contributed by atoms with Crippen LogP contribution in [0.25, 0.3) is 0 Å². The zero-order valence-corrected chi connectivity index (χ0v) is 11.0. The molecule has 0 unspecified atom stereocenters. The van der Waals surface area contributed by atoms with Crippen LogP contribution in [0.3, 0.4) is 0 Å². The van der Waals surface area contributed by atoms with Crippen LogP contribution < -0.4 is 11.1 Å². The average molecular weight is 309 g/mol. The fraction of sp³-hybridized carbons (Fsp3) is 0.625. The summed E-state index contributed by atoms with van der Waals surface area (Å²) in [5.41, 5.74) is 6.73. The van der Waals surface area contributed by atoms with Gasteiger partial charge in [-0.25, -0.2) is 3.15 Å². The summed E-state index contributed by atoms with van der Waals surface area (Å²) in [5, 5.41) is 3.08. The van der Waals surface area contributed by atoms with Crippen LogP contribution in [0.4, 0.5) is 0 Å². The Bertz CT molecular complexity index is 305. The first-order valence-corrected chi connectivity index (χ1v) is 6.32. The second-order valence-electron chi connectivity index (χ2n) is 3.26. The first-order valence-electron chi connectivity index (χ1n) is 4.39. The van der Waals surface area contributed by atoms with Crippen LogP contribution in [-0.4, -0.2) is 23.2 Å². The molecular formula is C8H16IN5. The van der Waals surface area contributed by atoms with E-state index in [4.69, 9.17) is 5.73 Å². The van der Waals surface area contributed by atoms with Crippen LogP contribution in [0.1, 0.15) is 13.8 Å². The Hall–Kier alpha value is -0.660. The fourth-order valence-corrected chi connectivity index (χ4v) is 2.95. The van der Waals surface area contributed by atoms with Gasteiger partial charge < -0.3 is 11.1 Å². The lowest BCUT2D eigenvalue weighted by Gasteiger charge is -2.15. The molecule has 5 nitrogen and oxygen atoms in total. The van der Waals surface area contributed by atoms with Gasteiger partial charge >= 0.3 is 0 Å². The number of aliphatic imine (C=N–C) groups is 1. The highest BCUT2D eigenvalue weighted by Crippen LogP contribution is 2.31. The standard InChI is InChI=1S/C8H16IN5/c1-5(2)6-7(12-8(10)11-3)14(4)9-13-6/h5H,1-4H3,(H3,10,11,12). The van der Waals surface area contributed by atoms with Crippen molar-refractivity contribution < 1.29 is 0 Å². The maximum Gasteiger partial charge on any atom is 0.194 e. The third-order valence-electron chi connectivity index (χ3n) is 1.83. The number of rotatable bonds is 2. The minimum Gasteiger partial charge on any atom is -0.370 e. The van der Waals surface area contributed by atoms with Crippen LogP contribution in [0.2, 0.25) is 0 Å². The lowest BCUT2D eigenvalue weighted by atomic mass is 10.1. The average Bonchev–Trinajstić information content (AvgIpc) is 2.48. The molecule has 0 saturated heterocycles. The van der Waals surface area contributed by atoms with Crippen LogP contribution in [0.5, 0.6) is 0 Å². The summed E-state index contributed by atoms with van der Waals surface area (Å²) in [4.78, 5) is 3.87. The summed E-state index contributed by atoms with van der Waals surface area (Å²) < 4.78 is 6.66. The van der Waals surface area contributed by atoms with Crippen molar-refractivity contribution in [2.24, 2.45) is 19.8 Å². The van der Waals surface area contributed by atoms with Crippen molar-refractivity contribution in [2.45, 2.75) is 13.8 Å². The summed E-state index contributed by atoms with van der Waals surface area (Å²) in [6, 6.07) is 0. The SMILES string of the molecule is CN=C(N)NC1=C(C(C)C)N=IN1C. The number of allylic oxidation sites excluding steroid dienone is 1. The predicted octanol–water partition coefficient (Wildman–Crippen LogP) is 1.36. The molecule has 1 aliphatic rings. The van der Waals surface area contributed by atoms with Gasteiger partial charge in [0, 0.05) is 14.1 Å². The van der Waals surface area contributed by atoms with E-state index < -0.39 is 0 Å². The van der Waals surface area contributed by atoms with Gasteiger partial charge in [0.15, 0.2) is 5.96 Å². The molecule has 14 heavy (non-hydrogen) atoms. The van der Waals surface area contributed by atoms with E-state index in [1.165, 1.54) is 0 Å². The Morgan fingerprint density at radius 3 is 2.79 bits per heavy atom. The van der Waals surface area contributed by atoms with E-state index in [1.807, 2.05) is 7.05 Å². The van der Waals surface area contributed by atoms with Crippen molar-refractivity contribution in [1.82, 2.24) is 8.43 Å². The monoisotopic (exact) mass is 309 g/mol. The summed E-state index contributed by atoms with van der Waals surface area (Å²) >= 11 is -0.261. The number of hydrogen-bond donors (Lipinski definition) is 2. The maximum absolute atomic E-state index is 5.63. The van der Waals surface area contributed by atoms with Crippen molar-refractivity contribution in [3.8, 4) is 0 Å². The molecule has 1 aliphatic heterocycles. The Balaban J connectivity index is 2.88. The number of nitrogens with one attached hydrogen (secondary N) is 1. The molecule has 0 aliphatic carbocycles. The molecule has 0 aromatic heterocycles. The highest BCUT2D eigenvalue weighted by atomic mass is 127. The molecule has 0 aromatic rings. The van der Waals surface area contributed by atoms with Crippen molar-refractivity contribution in [2.75, 3.05) is 14.1 Å². The summed E-state index contributed by atoms with van der Waals surface area (Å²) in [6.07, 6.45) is 0. The van der Waals surface area contributed by atoms with E-state index in [-0.39, 0.29) is 21.3 Å². The topological polar surface area (TPSA) is 66.0 Å². The first kappa shape index (κ1) is 11.4. The second kappa shape index (κ2) is 4.72. The van der Waals surface area contributed by atoms with Crippen molar-refractivity contribution in [1.29, 1.82) is 0 Å². The second-order valence-corrected chi connectivity index (χ2v) is 5.62. The molecule has 0 saturated carbocycles. The number of halogens is 1. The van der Waals surface area contributed by atoms with Crippen molar-refractivity contribution in [3.05, 3.63) is 11.5 Å². The van der Waals surface area contributed by atoms with Gasteiger partial charge in [-0.15, -0.1) is 0 Å². The molecule has 0 amide bonds. The van der Waals surface area contributed by atoms with E-state index >= 15 is 0 Å². The van der Waals surface area contributed by atoms with E-state index in [0.717, 1.165) is 11.5 Å². The van der Waals surface area contributed by atoms with Gasteiger partial charge in [-0.3, -0.25) is 8.11 Å². The van der Waals surface area contributed by atoms with Gasteiger partial charge in [0.2, 0.25) is 0 Å². The first-order chi connectivity index (χ1) is 6.56. The highest BCUT2D eigenvalue weighted by Gasteiger charge is 2.19. The number of nitrogens with zero attached hydrogens (tertiary/aromatic N) is 3. The Morgan fingerprint density at radius 1 is 1.64 bits per heavy atom. The molecule has 0 bridgehead atoms. The fourth-order valence-electron chi connectivity index (χ4n) is 1.02. The van der Waals surface area contributed by atoms with E-state index in [0.29, 0.717) is 11.9 Å². The Labute approximate surface area is 95.0 Å². The Morgan fingerprint density at radius 2 is 2.29 bits per heavy atom. The molecule has 0 aromatic carbocycles.